The number of benzene rings is 3. The van der Waals surface area contributed by atoms with E-state index in [-0.39, 0.29) is 67.1 Å². The van der Waals surface area contributed by atoms with Crippen molar-refractivity contribution in [1.29, 1.82) is 0 Å². The number of nitrogen functional groups attached to an aromatic ring is 1. The Morgan fingerprint density at radius 3 is 2.24 bits per heavy atom. The van der Waals surface area contributed by atoms with Crippen LogP contribution in [0.1, 0.15) is 56.3 Å². The predicted octanol–water partition coefficient (Wildman–Crippen LogP) is 5.19. The van der Waals surface area contributed by atoms with Gasteiger partial charge in [-0.05, 0) is 68.3 Å². The first-order valence-corrected chi connectivity index (χ1v) is 16.8. The summed E-state index contributed by atoms with van der Waals surface area (Å²) in [5.41, 5.74) is 8.14. The molecule has 50 heavy (non-hydrogen) atoms. The van der Waals surface area contributed by atoms with Crippen LogP contribution in [0.15, 0.2) is 66.7 Å². The number of ether oxygens (including phenoxy) is 2. The molecule has 0 saturated heterocycles. The number of nitrogens with two attached hydrogens (primary N) is 1. The Balaban J connectivity index is 1.42. The van der Waals surface area contributed by atoms with Crippen LogP contribution in [-0.4, -0.2) is 84.7 Å². The van der Waals surface area contributed by atoms with Gasteiger partial charge in [-0.1, -0.05) is 31.5 Å². The molecule has 0 aliphatic carbocycles. The number of methoxy groups -OCH3 is 1. The van der Waals surface area contributed by atoms with Gasteiger partial charge in [-0.3, -0.25) is 14.4 Å². The van der Waals surface area contributed by atoms with Crippen LogP contribution in [0.3, 0.4) is 0 Å². The molecular weight excluding hydrogens is 640 g/mol. The number of carbonyl (C=O) groups is 4. The molecule has 268 valence electrons. The number of carbonyl (C=O) groups excluding carboxylic acids is 4. The second kappa shape index (κ2) is 17.9. The molecule has 1 heterocycles. The maximum Gasteiger partial charge on any atom is 0.321 e. The van der Waals surface area contributed by atoms with Crippen molar-refractivity contribution in [2.75, 3.05) is 55.5 Å². The summed E-state index contributed by atoms with van der Waals surface area (Å²) in [5.74, 6) is -0.117. The zero-order chi connectivity index (χ0) is 36.2. The molecule has 13 heteroatoms. The fourth-order valence-electron chi connectivity index (χ4n) is 5.59. The maximum atomic E-state index is 13.8. The van der Waals surface area contributed by atoms with Crippen LogP contribution in [-0.2, 0) is 9.59 Å². The smallest absolute Gasteiger partial charge is 0.321 e. The Labute approximate surface area is 293 Å². The summed E-state index contributed by atoms with van der Waals surface area (Å²) in [7, 11) is 3.22. The number of urea groups is 1. The van der Waals surface area contributed by atoms with Crippen molar-refractivity contribution >= 4 is 46.5 Å². The summed E-state index contributed by atoms with van der Waals surface area (Å²) < 4.78 is 11.7. The van der Waals surface area contributed by atoms with E-state index in [9.17, 15) is 24.3 Å². The summed E-state index contributed by atoms with van der Waals surface area (Å²) in [6.07, 6.45) is 1.74. The maximum absolute atomic E-state index is 13.8. The van der Waals surface area contributed by atoms with E-state index in [1.165, 1.54) is 4.90 Å². The van der Waals surface area contributed by atoms with E-state index >= 15 is 0 Å². The minimum atomic E-state index is -0.572. The molecule has 5 amide bonds. The van der Waals surface area contributed by atoms with Gasteiger partial charge in [0, 0.05) is 38.0 Å². The van der Waals surface area contributed by atoms with Crippen LogP contribution >= 0.6 is 0 Å². The highest BCUT2D eigenvalue weighted by Crippen LogP contribution is 2.35. The fourth-order valence-corrected chi connectivity index (χ4v) is 5.59. The Kier molecular flexibility index (Phi) is 13.4. The number of likely N-dealkylation sites (N-methyl/N-ethyl adjacent to an activating group) is 1. The third-order valence-corrected chi connectivity index (χ3v) is 8.65. The molecule has 0 saturated carbocycles. The van der Waals surface area contributed by atoms with E-state index in [0.29, 0.717) is 54.2 Å². The monoisotopic (exact) mass is 688 g/mol. The Bertz CT molecular complexity index is 1630. The lowest BCUT2D eigenvalue weighted by molar-refractivity contribution is -0.116. The second-order valence-corrected chi connectivity index (χ2v) is 12.6. The zero-order valence-corrected chi connectivity index (χ0v) is 29.1. The van der Waals surface area contributed by atoms with E-state index in [1.54, 1.807) is 92.7 Å². The summed E-state index contributed by atoms with van der Waals surface area (Å²) in [6.45, 7) is 3.91. The largest absolute Gasteiger partial charge is 0.497 e. The normalized spacial score (nSPS) is 16.2. The Morgan fingerprint density at radius 1 is 0.960 bits per heavy atom. The van der Waals surface area contributed by atoms with Crippen LogP contribution in [0.25, 0.3) is 0 Å². The number of aliphatic hydroxyl groups is 1. The molecular formula is C37H48N6O7. The van der Waals surface area contributed by atoms with Gasteiger partial charge in [0.25, 0.3) is 5.91 Å². The van der Waals surface area contributed by atoms with E-state index in [2.05, 4.69) is 16.0 Å². The first-order valence-electron chi connectivity index (χ1n) is 16.8. The van der Waals surface area contributed by atoms with E-state index in [4.69, 9.17) is 15.2 Å². The lowest BCUT2D eigenvalue weighted by Crippen LogP contribution is -2.50. The van der Waals surface area contributed by atoms with Gasteiger partial charge in [0.05, 0.1) is 48.9 Å². The number of hydrogen-bond acceptors (Lipinski definition) is 8. The molecule has 1 aliphatic heterocycles. The average molecular weight is 689 g/mol. The Morgan fingerprint density at radius 2 is 1.60 bits per heavy atom. The molecule has 3 aromatic carbocycles. The number of hydrogen-bond donors (Lipinski definition) is 5. The average Bonchev–Trinajstić information content (AvgIpc) is 3.10. The predicted molar refractivity (Wildman–Crippen MR) is 193 cm³/mol. The van der Waals surface area contributed by atoms with Crippen molar-refractivity contribution in [2.45, 2.75) is 58.1 Å². The highest BCUT2D eigenvalue weighted by atomic mass is 16.5. The number of fused-ring (bicyclic) bond motifs is 1. The van der Waals surface area contributed by atoms with Gasteiger partial charge in [-0.2, -0.15) is 0 Å². The minimum Gasteiger partial charge on any atom is -0.497 e. The van der Waals surface area contributed by atoms with E-state index in [0.717, 1.165) is 0 Å². The topological polar surface area (TPSA) is 176 Å². The van der Waals surface area contributed by atoms with E-state index < -0.39 is 12.1 Å². The fraction of sp³-hybridized carbons (Fsp3) is 0.405. The highest BCUT2D eigenvalue weighted by Gasteiger charge is 2.35. The quantitative estimate of drug-likeness (QED) is 0.114. The van der Waals surface area contributed by atoms with Crippen molar-refractivity contribution in [3.8, 4) is 11.5 Å². The van der Waals surface area contributed by atoms with E-state index in [1.807, 2.05) is 6.92 Å². The van der Waals surface area contributed by atoms with Crippen LogP contribution in [0.2, 0.25) is 0 Å². The first kappa shape index (κ1) is 37.5. The number of rotatable bonds is 14. The van der Waals surface area contributed by atoms with Crippen LogP contribution in [0, 0.1) is 5.92 Å². The van der Waals surface area contributed by atoms with Gasteiger partial charge >= 0.3 is 6.03 Å². The third-order valence-electron chi connectivity index (χ3n) is 8.65. The molecule has 6 N–H and O–H groups in total. The van der Waals surface area contributed by atoms with Crippen molar-refractivity contribution in [3.63, 3.8) is 0 Å². The molecule has 0 bridgehead atoms. The zero-order valence-electron chi connectivity index (χ0n) is 29.1. The van der Waals surface area contributed by atoms with Crippen LogP contribution in [0.4, 0.5) is 27.5 Å². The summed E-state index contributed by atoms with van der Waals surface area (Å²) in [6, 6.07) is 18.2. The van der Waals surface area contributed by atoms with Gasteiger partial charge in [0.15, 0.2) is 5.75 Å². The first-order chi connectivity index (χ1) is 24.0. The molecule has 1 aliphatic rings. The third kappa shape index (κ3) is 10.1. The van der Waals surface area contributed by atoms with Crippen molar-refractivity contribution in [1.82, 2.24) is 9.80 Å². The standard InChI is InChI=1S/C37H48N6O7/c1-24-21-43(25(2)23-44)36(47)28-11-10-14-31(41-34(46)16-7-5-6-15-33(45)40-30-13-9-8-12-29(30)38)35(28)50-32(24)22-42(3)37(48)39-26-17-19-27(49-4)20-18-26/h8-14,17-20,24-25,32,44H,5-7,15-16,21-23,38H2,1-4H3,(H,39,48)(H,40,45)(H,41,46)/t24-,25+,32-/m1/s1. The molecule has 0 aromatic heterocycles. The number of aliphatic hydroxyl groups excluding tert-OH is 1. The number of para-hydroxylation sites is 3. The summed E-state index contributed by atoms with van der Waals surface area (Å²) in [5, 5.41) is 18.6. The molecule has 0 spiro atoms. The SMILES string of the molecule is COc1ccc(NC(=O)N(C)C[C@H]2Oc3c(NC(=O)CCCCCC(=O)Nc4ccccc4N)cccc3C(=O)N([C@@H](C)CO)C[C@H]2C)cc1. The molecule has 3 aromatic rings. The number of anilines is 4. The van der Waals surface area contributed by atoms with Gasteiger partial charge in [0.2, 0.25) is 11.8 Å². The molecule has 13 nitrogen and oxygen atoms in total. The van der Waals surface area contributed by atoms with Crippen molar-refractivity contribution < 1.29 is 33.8 Å². The van der Waals surface area contributed by atoms with Gasteiger partial charge in [-0.15, -0.1) is 0 Å². The molecule has 0 fully saturated rings. The van der Waals surface area contributed by atoms with Gasteiger partial charge in [0.1, 0.15) is 11.9 Å². The number of unbranched alkanes of at least 4 members (excludes halogenated alkanes) is 2. The number of amides is 5. The van der Waals surface area contributed by atoms with Crippen molar-refractivity contribution in [2.24, 2.45) is 5.92 Å². The van der Waals surface area contributed by atoms with Crippen molar-refractivity contribution in [3.05, 3.63) is 72.3 Å². The summed E-state index contributed by atoms with van der Waals surface area (Å²) in [4.78, 5) is 55.5. The van der Waals surface area contributed by atoms with Crippen LogP contribution < -0.4 is 31.2 Å². The molecule has 4 rings (SSSR count). The Hall–Kier alpha value is -5.30. The molecule has 0 radical (unpaired) electrons. The highest BCUT2D eigenvalue weighted by molar-refractivity contribution is 6.01. The number of nitrogens with zero attached hydrogens (tertiary/aromatic N) is 2. The van der Waals surface area contributed by atoms with Gasteiger partial charge in [-0.25, -0.2) is 4.79 Å². The second-order valence-electron chi connectivity index (χ2n) is 12.6. The number of nitrogens with one attached hydrogen (secondary N) is 3. The molecule has 3 atom stereocenters. The lowest BCUT2D eigenvalue weighted by atomic mass is 9.99. The lowest BCUT2D eigenvalue weighted by Gasteiger charge is -2.38. The summed E-state index contributed by atoms with van der Waals surface area (Å²) >= 11 is 0. The van der Waals surface area contributed by atoms with Gasteiger partial charge < -0.3 is 46.1 Å². The molecule has 0 unspecified atom stereocenters. The van der Waals surface area contributed by atoms with Crippen LogP contribution in [0.5, 0.6) is 11.5 Å². The minimum absolute atomic E-state index is 0.144.